The molecule has 1 heterocycles. The lowest BCUT2D eigenvalue weighted by Crippen LogP contribution is -2.41. The molecule has 29 heavy (non-hydrogen) atoms. The molecule has 0 radical (unpaired) electrons. The third kappa shape index (κ3) is 6.54. The number of aliphatic hydroxyl groups is 1. The molecule has 1 atom stereocenters. The number of carbonyl (C=O) groups excluding carboxylic acids is 2. The van der Waals surface area contributed by atoms with Gasteiger partial charge in [0, 0.05) is 35.9 Å². The minimum absolute atomic E-state index is 0.0983. The fraction of sp³-hybridized carbons (Fsp3) is 0.333. The highest BCUT2D eigenvalue weighted by molar-refractivity contribution is 6.31. The van der Waals surface area contributed by atoms with E-state index in [0.29, 0.717) is 41.7 Å². The Morgan fingerprint density at radius 1 is 1.03 bits per heavy atom. The van der Waals surface area contributed by atoms with Crippen molar-refractivity contribution in [2.24, 2.45) is 0 Å². The van der Waals surface area contributed by atoms with Crippen LogP contribution in [0.15, 0.2) is 48.5 Å². The average molecular weight is 418 g/mol. The third-order valence-corrected chi connectivity index (χ3v) is 4.95. The number of anilines is 2. The molecule has 154 valence electrons. The molecule has 3 N–H and O–H groups in total. The van der Waals surface area contributed by atoms with Gasteiger partial charge in [0.15, 0.2) is 0 Å². The number of halogens is 1. The van der Waals surface area contributed by atoms with Crippen molar-refractivity contribution in [3.8, 4) is 0 Å². The summed E-state index contributed by atoms with van der Waals surface area (Å²) in [5, 5.41) is 16.1. The highest BCUT2D eigenvalue weighted by Gasteiger charge is 2.17. The first-order valence-corrected chi connectivity index (χ1v) is 9.81. The topological polar surface area (TPSA) is 90.9 Å². The molecule has 0 aromatic heterocycles. The number of rotatable bonds is 7. The van der Waals surface area contributed by atoms with Crippen LogP contribution in [0, 0.1) is 0 Å². The Morgan fingerprint density at radius 2 is 1.66 bits per heavy atom. The van der Waals surface area contributed by atoms with Crippen LogP contribution in [-0.2, 0) is 20.7 Å². The molecule has 0 bridgehead atoms. The number of hydrogen-bond acceptors (Lipinski definition) is 5. The summed E-state index contributed by atoms with van der Waals surface area (Å²) in [6, 6.07) is 13.8. The summed E-state index contributed by atoms with van der Waals surface area (Å²) >= 11 is 6.07. The minimum atomic E-state index is -1.22. The minimum Gasteiger partial charge on any atom is -0.383 e. The van der Waals surface area contributed by atoms with Crippen molar-refractivity contribution in [2.75, 3.05) is 43.5 Å². The summed E-state index contributed by atoms with van der Waals surface area (Å²) in [7, 11) is 0. The molecular weight excluding hydrogens is 394 g/mol. The van der Waals surface area contributed by atoms with Crippen molar-refractivity contribution in [3.63, 3.8) is 0 Å². The van der Waals surface area contributed by atoms with E-state index >= 15 is 0 Å². The summed E-state index contributed by atoms with van der Waals surface area (Å²) < 4.78 is 5.27. The Hall–Kier alpha value is -2.45. The van der Waals surface area contributed by atoms with Crippen LogP contribution in [0.25, 0.3) is 0 Å². The molecule has 1 aliphatic heterocycles. The van der Waals surface area contributed by atoms with Gasteiger partial charge in [-0.25, -0.2) is 0 Å². The summed E-state index contributed by atoms with van der Waals surface area (Å²) in [5.41, 5.74) is 1.87. The molecule has 3 rings (SSSR count). The molecule has 0 aliphatic carbocycles. The van der Waals surface area contributed by atoms with Crippen LogP contribution in [0.1, 0.15) is 5.56 Å². The lowest BCUT2D eigenvalue weighted by molar-refractivity contribution is -0.124. The Labute approximate surface area is 174 Å². The molecule has 2 amide bonds. The smallest absolute Gasteiger partial charge is 0.253 e. The van der Waals surface area contributed by atoms with Gasteiger partial charge in [0.1, 0.15) is 6.10 Å². The predicted octanol–water partition coefficient (Wildman–Crippen LogP) is 2.15. The van der Waals surface area contributed by atoms with Gasteiger partial charge in [0.05, 0.1) is 19.8 Å². The lowest BCUT2D eigenvalue weighted by Gasteiger charge is -2.25. The normalized spacial score (nSPS) is 15.5. The predicted molar refractivity (Wildman–Crippen MR) is 112 cm³/mol. The van der Waals surface area contributed by atoms with Gasteiger partial charge in [-0.3, -0.25) is 14.5 Å². The first kappa shape index (κ1) is 21.3. The van der Waals surface area contributed by atoms with Gasteiger partial charge in [-0.2, -0.15) is 0 Å². The zero-order valence-electron chi connectivity index (χ0n) is 15.9. The second-order valence-corrected chi connectivity index (χ2v) is 7.22. The van der Waals surface area contributed by atoms with Crippen LogP contribution >= 0.6 is 11.6 Å². The maximum atomic E-state index is 12.2. The number of nitrogens with zero attached hydrogens (tertiary/aromatic N) is 1. The number of benzene rings is 2. The van der Waals surface area contributed by atoms with Gasteiger partial charge in [0.2, 0.25) is 5.91 Å². The maximum Gasteiger partial charge on any atom is 0.253 e. The van der Waals surface area contributed by atoms with Crippen LogP contribution in [0.2, 0.25) is 5.02 Å². The monoisotopic (exact) mass is 417 g/mol. The van der Waals surface area contributed by atoms with Gasteiger partial charge < -0.3 is 20.5 Å². The molecule has 1 fully saturated rings. The van der Waals surface area contributed by atoms with Crippen molar-refractivity contribution in [2.45, 2.75) is 12.5 Å². The van der Waals surface area contributed by atoms with Gasteiger partial charge in [-0.15, -0.1) is 0 Å². The molecular formula is C21H24ClN3O4. The molecule has 2 aromatic rings. The van der Waals surface area contributed by atoms with Crippen LogP contribution in [-0.4, -0.2) is 60.8 Å². The largest absolute Gasteiger partial charge is 0.383 e. The van der Waals surface area contributed by atoms with Crippen LogP contribution in [0.5, 0.6) is 0 Å². The molecule has 1 aliphatic rings. The van der Waals surface area contributed by atoms with E-state index in [9.17, 15) is 14.7 Å². The van der Waals surface area contributed by atoms with E-state index in [1.807, 2.05) is 4.90 Å². The molecule has 8 heteroatoms. The first-order chi connectivity index (χ1) is 14.0. The van der Waals surface area contributed by atoms with Crippen molar-refractivity contribution < 1.29 is 19.4 Å². The van der Waals surface area contributed by atoms with Crippen molar-refractivity contribution in [1.29, 1.82) is 0 Å². The lowest BCUT2D eigenvalue weighted by atomic mass is 10.1. The van der Waals surface area contributed by atoms with Crippen LogP contribution < -0.4 is 10.6 Å². The van der Waals surface area contributed by atoms with Gasteiger partial charge in [-0.05, 0) is 35.9 Å². The van der Waals surface area contributed by atoms with E-state index in [1.165, 1.54) is 0 Å². The van der Waals surface area contributed by atoms with Crippen LogP contribution in [0.4, 0.5) is 11.4 Å². The zero-order chi connectivity index (χ0) is 20.6. The standard InChI is InChI=1S/C21H24ClN3O4/c22-18-4-2-1-3-15(18)13-19(26)21(28)24-17-7-5-16(6-8-17)23-20(27)14-25-9-11-29-12-10-25/h1-8,19,26H,9-14H2,(H,23,27)(H,24,28). The van der Waals surface area contributed by atoms with Gasteiger partial charge in [-0.1, -0.05) is 29.8 Å². The highest BCUT2D eigenvalue weighted by Crippen LogP contribution is 2.18. The van der Waals surface area contributed by atoms with E-state index in [0.717, 1.165) is 13.1 Å². The number of morpholine rings is 1. The summed E-state index contributed by atoms with van der Waals surface area (Å²) in [6.45, 7) is 3.09. The number of hydrogen-bond donors (Lipinski definition) is 3. The molecule has 2 aromatic carbocycles. The Morgan fingerprint density at radius 3 is 2.31 bits per heavy atom. The molecule has 1 saturated heterocycles. The number of amides is 2. The van der Waals surface area contributed by atoms with Crippen molar-refractivity contribution >= 4 is 34.8 Å². The second kappa shape index (κ2) is 10.4. The summed E-state index contributed by atoms with van der Waals surface area (Å²) in [5.74, 6) is -0.618. The second-order valence-electron chi connectivity index (χ2n) is 6.81. The third-order valence-electron chi connectivity index (χ3n) is 4.58. The fourth-order valence-corrected chi connectivity index (χ4v) is 3.20. The molecule has 0 saturated carbocycles. The fourth-order valence-electron chi connectivity index (χ4n) is 2.99. The molecule has 7 nitrogen and oxygen atoms in total. The number of aliphatic hydroxyl groups excluding tert-OH is 1. The summed E-state index contributed by atoms with van der Waals surface area (Å²) in [6.07, 6.45) is -1.09. The van der Waals surface area contributed by atoms with E-state index in [1.54, 1.807) is 48.5 Å². The Kier molecular flexibility index (Phi) is 7.60. The van der Waals surface area contributed by atoms with Gasteiger partial charge >= 0.3 is 0 Å². The van der Waals surface area contributed by atoms with E-state index in [4.69, 9.17) is 16.3 Å². The summed E-state index contributed by atoms with van der Waals surface area (Å²) in [4.78, 5) is 26.4. The van der Waals surface area contributed by atoms with Crippen molar-refractivity contribution in [3.05, 3.63) is 59.1 Å². The quantitative estimate of drug-likeness (QED) is 0.642. The SMILES string of the molecule is O=C(CN1CCOCC1)Nc1ccc(NC(=O)C(O)Cc2ccccc2Cl)cc1. The number of carbonyl (C=O) groups is 2. The molecule has 0 spiro atoms. The zero-order valence-corrected chi connectivity index (χ0v) is 16.7. The molecule has 1 unspecified atom stereocenters. The maximum absolute atomic E-state index is 12.2. The van der Waals surface area contributed by atoms with Gasteiger partial charge in [0.25, 0.3) is 5.91 Å². The Balaban J connectivity index is 1.48. The highest BCUT2D eigenvalue weighted by atomic mass is 35.5. The van der Waals surface area contributed by atoms with E-state index in [2.05, 4.69) is 10.6 Å². The van der Waals surface area contributed by atoms with Crippen LogP contribution in [0.3, 0.4) is 0 Å². The van der Waals surface area contributed by atoms with Crippen molar-refractivity contribution in [1.82, 2.24) is 4.90 Å². The first-order valence-electron chi connectivity index (χ1n) is 9.43. The number of nitrogens with one attached hydrogen (secondary N) is 2. The average Bonchev–Trinajstić information content (AvgIpc) is 2.72. The Bertz CT molecular complexity index is 838. The van der Waals surface area contributed by atoms with E-state index in [-0.39, 0.29) is 12.3 Å². The van der Waals surface area contributed by atoms with E-state index < -0.39 is 12.0 Å². The number of ether oxygens (including phenoxy) is 1.